The molecule has 1 N–H and O–H groups in total. The van der Waals surface area contributed by atoms with Crippen molar-refractivity contribution < 1.29 is 33.3 Å². The SMILES string of the molecule is COCCCN1C(=O)C(Nc2ccc(OC)c(OC)c2)=C(c2ccc(OC)c(OC)c2)C1=O. The van der Waals surface area contributed by atoms with Gasteiger partial charge in [-0.15, -0.1) is 0 Å². The normalized spacial score (nSPS) is 13.4. The summed E-state index contributed by atoms with van der Waals surface area (Å²) in [6.07, 6.45) is 0.525. The summed E-state index contributed by atoms with van der Waals surface area (Å²) in [5.74, 6) is 1.19. The first-order valence-electron chi connectivity index (χ1n) is 10.3. The number of carbonyl (C=O) groups excluding carboxylic acids is 2. The molecule has 0 fully saturated rings. The number of nitrogens with one attached hydrogen (secondary N) is 1. The van der Waals surface area contributed by atoms with E-state index in [1.54, 1.807) is 50.6 Å². The number of hydrogen-bond donors (Lipinski definition) is 1. The van der Waals surface area contributed by atoms with Gasteiger partial charge in [-0.2, -0.15) is 0 Å². The zero-order valence-electron chi connectivity index (χ0n) is 19.4. The van der Waals surface area contributed by atoms with Gasteiger partial charge < -0.3 is 29.0 Å². The van der Waals surface area contributed by atoms with E-state index in [0.717, 1.165) is 0 Å². The smallest absolute Gasteiger partial charge is 0.278 e. The Morgan fingerprint density at radius 3 is 1.97 bits per heavy atom. The van der Waals surface area contributed by atoms with Crippen molar-refractivity contribution in [2.75, 3.05) is 54.0 Å². The maximum atomic E-state index is 13.3. The highest BCUT2D eigenvalue weighted by Gasteiger charge is 2.39. The number of rotatable bonds is 11. The minimum atomic E-state index is -0.421. The average Bonchev–Trinajstić information content (AvgIpc) is 3.07. The molecule has 1 aliphatic rings. The summed E-state index contributed by atoms with van der Waals surface area (Å²) in [5.41, 5.74) is 1.51. The molecule has 2 aromatic rings. The van der Waals surface area contributed by atoms with Crippen molar-refractivity contribution in [3.8, 4) is 23.0 Å². The summed E-state index contributed by atoms with van der Waals surface area (Å²) in [6.45, 7) is 0.667. The average molecular weight is 456 g/mol. The van der Waals surface area contributed by atoms with E-state index in [1.807, 2.05) is 0 Å². The van der Waals surface area contributed by atoms with Gasteiger partial charge in [-0.3, -0.25) is 14.5 Å². The van der Waals surface area contributed by atoms with Gasteiger partial charge in [0.15, 0.2) is 23.0 Å². The predicted octanol–water partition coefficient (Wildman–Crippen LogP) is 2.95. The summed E-state index contributed by atoms with van der Waals surface area (Å²) in [7, 11) is 7.68. The summed E-state index contributed by atoms with van der Waals surface area (Å²) >= 11 is 0. The highest BCUT2D eigenvalue weighted by atomic mass is 16.5. The Hall–Kier alpha value is -3.72. The van der Waals surface area contributed by atoms with Crippen LogP contribution in [0.3, 0.4) is 0 Å². The summed E-state index contributed by atoms with van der Waals surface area (Å²) in [6, 6.07) is 10.2. The molecular formula is C24H28N2O7. The minimum Gasteiger partial charge on any atom is -0.493 e. The molecule has 0 radical (unpaired) electrons. The van der Waals surface area contributed by atoms with Crippen LogP contribution < -0.4 is 24.3 Å². The van der Waals surface area contributed by atoms with Gasteiger partial charge in [-0.25, -0.2) is 0 Å². The summed E-state index contributed by atoms with van der Waals surface area (Å²) < 4.78 is 26.4. The summed E-state index contributed by atoms with van der Waals surface area (Å²) in [5, 5.41) is 3.11. The molecule has 0 spiro atoms. The third kappa shape index (κ3) is 4.88. The van der Waals surface area contributed by atoms with Crippen molar-refractivity contribution in [2.24, 2.45) is 0 Å². The molecular weight excluding hydrogens is 428 g/mol. The second-order valence-electron chi connectivity index (χ2n) is 7.12. The monoisotopic (exact) mass is 456 g/mol. The molecule has 0 aromatic heterocycles. The first-order chi connectivity index (χ1) is 16.0. The van der Waals surface area contributed by atoms with E-state index in [4.69, 9.17) is 23.7 Å². The van der Waals surface area contributed by atoms with Crippen molar-refractivity contribution in [1.29, 1.82) is 0 Å². The molecule has 9 heteroatoms. The van der Waals surface area contributed by atoms with Gasteiger partial charge >= 0.3 is 0 Å². The second-order valence-corrected chi connectivity index (χ2v) is 7.12. The van der Waals surface area contributed by atoms with Gasteiger partial charge in [0.25, 0.3) is 11.8 Å². The van der Waals surface area contributed by atoms with Crippen LogP contribution in [-0.2, 0) is 14.3 Å². The van der Waals surface area contributed by atoms with Crippen LogP contribution in [0.25, 0.3) is 5.57 Å². The number of amides is 2. The van der Waals surface area contributed by atoms with Crippen molar-refractivity contribution in [3.63, 3.8) is 0 Å². The Balaban J connectivity index is 2.06. The van der Waals surface area contributed by atoms with Crippen LogP contribution in [0.5, 0.6) is 23.0 Å². The maximum absolute atomic E-state index is 13.3. The molecule has 0 saturated carbocycles. The maximum Gasteiger partial charge on any atom is 0.278 e. The van der Waals surface area contributed by atoms with E-state index in [9.17, 15) is 9.59 Å². The molecule has 33 heavy (non-hydrogen) atoms. The van der Waals surface area contributed by atoms with Gasteiger partial charge in [0, 0.05) is 32.0 Å². The van der Waals surface area contributed by atoms with Gasteiger partial charge in [-0.1, -0.05) is 6.07 Å². The van der Waals surface area contributed by atoms with E-state index in [2.05, 4.69) is 5.32 Å². The molecule has 0 aliphatic carbocycles. The number of methoxy groups -OCH3 is 5. The number of imide groups is 1. The van der Waals surface area contributed by atoms with Crippen molar-refractivity contribution in [2.45, 2.75) is 6.42 Å². The van der Waals surface area contributed by atoms with Crippen LogP contribution in [0, 0.1) is 0 Å². The lowest BCUT2D eigenvalue weighted by atomic mass is 10.0. The van der Waals surface area contributed by atoms with Crippen LogP contribution in [-0.4, -0.2) is 65.4 Å². The molecule has 0 bridgehead atoms. The molecule has 176 valence electrons. The molecule has 1 aliphatic heterocycles. The third-order valence-electron chi connectivity index (χ3n) is 5.22. The number of ether oxygens (including phenoxy) is 5. The fourth-order valence-corrected chi connectivity index (χ4v) is 3.58. The fourth-order valence-electron chi connectivity index (χ4n) is 3.58. The molecule has 2 amide bonds. The zero-order chi connectivity index (χ0) is 24.0. The quantitative estimate of drug-likeness (QED) is 0.407. The number of carbonyl (C=O) groups is 2. The Morgan fingerprint density at radius 2 is 1.36 bits per heavy atom. The number of hydrogen-bond acceptors (Lipinski definition) is 8. The van der Waals surface area contributed by atoms with E-state index in [0.29, 0.717) is 47.3 Å². The van der Waals surface area contributed by atoms with Crippen molar-refractivity contribution in [3.05, 3.63) is 47.7 Å². The molecule has 0 unspecified atom stereocenters. The molecule has 0 atom stereocenters. The Kier molecular flexibility index (Phi) is 7.78. The van der Waals surface area contributed by atoms with Gasteiger partial charge in [0.05, 0.1) is 34.0 Å². The first-order valence-corrected chi connectivity index (χ1v) is 10.3. The van der Waals surface area contributed by atoms with Crippen molar-refractivity contribution in [1.82, 2.24) is 4.90 Å². The van der Waals surface area contributed by atoms with Crippen LogP contribution in [0.2, 0.25) is 0 Å². The number of benzene rings is 2. The topological polar surface area (TPSA) is 95.6 Å². The summed E-state index contributed by atoms with van der Waals surface area (Å²) in [4.78, 5) is 27.8. The van der Waals surface area contributed by atoms with Gasteiger partial charge in [0.1, 0.15) is 5.70 Å². The van der Waals surface area contributed by atoms with E-state index < -0.39 is 11.8 Å². The standard InChI is InChI=1S/C24H28N2O7/c1-29-12-6-11-26-23(27)21(15-7-9-17(30-2)19(13-15)32-4)22(24(26)28)25-16-8-10-18(31-3)20(14-16)33-5/h7-10,13-14,25H,6,11-12H2,1-5H3. The Labute approximate surface area is 192 Å². The van der Waals surface area contributed by atoms with Crippen molar-refractivity contribution >= 4 is 23.1 Å². The predicted molar refractivity (Wildman–Crippen MR) is 123 cm³/mol. The Morgan fingerprint density at radius 1 is 0.758 bits per heavy atom. The third-order valence-corrected chi connectivity index (χ3v) is 5.22. The molecule has 1 heterocycles. The van der Waals surface area contributed by atoms with E-state index in [-0.39, 0.29) is 17.8 Å². The highest BCUT2D eigenvalue weighted by Crippen LogP contribution is 2.37. The first kappa shape index (κ1) is 23.9. The fraction of sp³-hybridized carbons (Fsp3) is 0.333. The van der Waals surface area contributed by atoms with Gasteiger partial charge in [0.2, 0.25) is 0 Å². The van der Waals surface area contributed by atoms with Crippen LogP contribution in [0.1, 0.15) is 12.0 Å². The lowest BCUT2D eigenvalue weighted by molar-refractivity contribution is -0.136. The molecule has 9 nitrogen and oxygen atoms in total. The number of nitrogens with zero attached hydrogens (tertiary/aromatic N) is 1. The zero-order valence-corrected chi connectivity index (χ0v) is 19.4. The number of anilines is 1. The second kappa shape index (κ2) is 10.7. The van der Waals surface area contributed by atoms with Crippen LogP contribution in [0.4, 0.5) is 5.69 Å². The Bertz CT molecular complexity index is 1060. The van der Waals surface area contributed by atoms with E-state index in [1.165, 1.54) is 26.2 Å². The lowest BCUT2D eigenvalue weighted by Gasteiger charge is -2.15. The molecule has 0 saturated heterocycles. The van der Waals surface area contributed by atoms with Crippen LogP contribution in [0.15, 0.2) is 42.1 Å². The minimum absolute atomic E-state index is 0.164. The largest absolute Gasteiger partial charge is 0.493 e. The van der Waals surface area contributed by atoms with E-state index >= 15 is 0 Å². The highest BCUT2D eigenvalue weighted by molar-refractivity contribution is 6.36. The molecule has 3 rings (SSSR count). The van der Waals surface area contributed by atoms with Gasteiger partial charge in [-0.05, 0) is 36.2 Å². The molecule has 2 aromatic carbocycles. The lowest BCUT2D eigenvalue weighted by Crippen LogP contribution is -2.33. The van der Waals surface area contributed by atoms with Crippen LogP contribution >= 0.6 is 0 Å².